The molecule has 5 nitrogen and oxygen atoms in total. The van der Waals surface area contributed by atoms with Crippen LogP contribution < -0.4 is 10.1 Å². The molecule has 28 heavy (non-hydrogen) atoms. The van der Waals surface area contributed by atoms with Crippen molar-refractivity contribution in [3.63, 3.8) is 0 Å². The Hall–Kier alpha value is -2.15. The highest BCUT2D eigenvalue weighted by Crippen LogP contribution is 2.37. The van der Waals surface area contributed by atoms with Gasteiger partial charge in [-0.25, -0.2) is 4.39 Å². The summed E-state index contributed by atoms with van der Waals surface area (Å²) in [6.45, 7) is 2.35. The third-order valence-corrected chi connectivity index (χ3v) is 5.51. The van der Waals surface area contributed by atoms with Gasteiger partial charge in [0.15, 0.2) is 0 Å². The molecule has 3 rings (SSSR count). The molecule has 1 aliphatic heterocycles. The molecule has 2 N–H and O–H groups in total. The van der Waals surface area contributed by atoms with Crippen LogP contribution in [-0.4, -0.2) is 49.2 Å². The Morgan fingerprint density at radius 3 is 2.64 bits per heavy atom. The fourth-order valence-electron chi connectivity index (χ4n) is 3.58. The van der Waals surface area contributed by atoms with Crippen molar-refractivity contribution in [3.8, 4) is 5.75 Å². The summed E-state index contributed by atoms with van der Waals surface area (Å²) in [5, 5.41) is 13.9. The van der Waals surface area contributed by atoms with Gasteiger partial charge in [-0.3, -0.25) is 4.79 Å². The van der Waals surface area contributed by atoms with E-state index in [0.29, 0.717) is 44.8 Å². The van der Waals surface area contributed by atoms with Crippen LogP contribution in [0.1, 0.15) is 28.8 Å². The van der Waals surface area contributed by atoms with E-state index in [2.05, 4.69) is 10.2 Å². The molecule has 1 heterocycles. The highest BCUT2D eigenvalue weighted by molar-refractivity contribution is 6.33. The number of benzene rings is 2. The Balaban J connectivity index is 1.52. The van der Waals surface area contributed by atoms with Crippen molar-refractivity contribution in [2.24, 2.45) is 0 Å². The highest BCUT2D eigenvalue weighted by atomic mass is 35.5. The lowest BCUT2D eigenvalue weighted by molar-refractivity contribution is -0.0270. The van der Waals surface area contributed by atoms with Crippen molar-refractivity contribution >= 4 is 17.5 Å². The number of likely N-dealkylation sites (tertiary alicyclic amines) is 1. The number of piperidine rings is 1. The van der Waals surface area contributed by atoms with Gasteiger partial charge in [-0.2, -0.15) is 0 Å². The van der Waals surface area contributed by atoms with Crippen LogP contribution in [0.5, 0.6) is 5.75 Å². The first-order valence-corrected chi connectivity index (χ1v) is 9.63. The molecule has 0 atom stereocenters. The van der Waals surface area contributed by atoms with E-state index in [1.165, 1.54) is 18.2 Å². The second-order valence-corrected chi connectivity index (χ2v) is 7.33. The zero-order valence-electron chi connectivity index (χ0n) is 15.8. The zero-order chi connectivity index (χ0) is 20.1. The average molecular weight is 407 g/mol. The maximum atomic E-state index is 13.8. The lowest BCUT2D eigenvalue weighted by Gasteiger charge is -2.39. The molecule has 0 bridgehead atoms. The number of carbonyl (C=O) groups is 1. The van der Waals surface area contributed by atoms with E-state index in [0.717, 1.165) is 5.56 Å². The van der Waals surface area contributed by atoms with Gasteiger partial charge in [0.05, 0.1) is 23.3 Å². The van der Waals surface area contributed by atoms with Gasteiger partial charge < -0.3 is 20.1 Å². The number of carbonyl (C=O) groups excluding carboxylic acids is 1. The molecule has 150 valence electrons. The maximum absolute atomic E-state index is 13.8. The average Bonchev–Trinajstić information content (AvgIpc) is 2.69. The quantitative estimate of drug-likeness (QED) is 0.773. The van der Waals surface area contributed by atoms with Crippen molar-refractivity contribution in [2.45, 2.75) is 18.4 Å². The van der Waals surface area contributed by atoms with Crippen LogP contribution >= 0.6 is 11.6 Å². The van der Waals surface area contributed by atoms with Gasteiger partial charge in [-0.1, -0.05) is 35.9 Å². The van der Waals surface area contributed by atoms with Crippen LogP contribution in [-0.2, 0) is 5.60 Å². The predicted octanol–water partition coefficient (Wildman–Crippen LogP) is 3.20. The molecule has 0 spiro atoms. The van der Waals surface area contributed by atoms with E-state index in [1.54, 1.807) is 7.11 Å². The fraction of sp³-hybridized carbons (Fsp3) is 0.381. The van der Waals surface area contributed by atoms with E-state index in [4.69, 9.17) is 16.3 Å². The molecule has 7 heteroatoms. The van der Waals surface area contributed by atoms with Crippen LogP contribution in [0.25, 0.3) is 0 Å². The lowest BCUT2D eigenvalue weighted by atomic mass is 9.84. The first kappa shape index (κ1) is 20.6. The Morgan fingerprint density at radius 2 is 1.96 bits per heavy atom. The van der Waals surface area contributed by atoms with Crippen molar-refractivity contribution < 1.29 is 19.0 Å². The SMILES string of the molecule is COc1ccccc1C1(O)CCN(CCNC(=O)c2c(F)cccc2Cl)CC1. The fourth-order valence-corrected chi connectivity index (χ4v) is 3.82. The summed E-state index contributed by atoms with van der Waals surface area (Å²) in [6.07, 6.45) is 1.14. The lowest BCUT2D eigenvalue weighted by Crippen LogP contribution is -2.45. The van der Waals surface area contributed by atoms with Crippen molar-refractivity contribution in [1.82, 2.24) is 10.2 Å². The van der Waals surface area contributed by atoms with Gasteiger partial charge in [0, 0.05) is 31.7 Å². The summed E-state index contributed by atoms with van der Waals surface area (Å²) >= 11 is 5.92. The first-order chi connectivity index (χ1) is 13.4. The monoisotopic (exact) mass is 406 g/mol. The van der Waals surface area contributed by atoms with E-state index in [9.17, 15) is 14.3 Å². The molecular weight excluding hydrogens is 383 g/mol. The molecule has 1 amide bonds. The summed E-state index contributed by atoms with van der Waals surface area (Å²) in [7, 11) is 1.60. The molecule has 2 aromatic rings. The van der Waals surface area contributed by atoms with Crippen molar-refractivity contribution in [2.75, 3.05) is 33.3 Å². The Morgan fingerprint density at radius 1 is 1.25 bits per heavy atom. The van der Waals surface area contributed by atoms with E-state index in [-0.39, 0.29) is 10.6 Å². The maximum Gasteiger partial charge on any atom is 0.255 e. The van der Waals surface area contributed by atoms with E-state index < -0.39 is 17.3 Å². The highest BCUT2D eigenvalue weighted by Gasteiger charge is 2.35. The molecule has 1 fully saturated rings. The number of aliphatic hydroxyl groups is 1. The van der Waals surface area contributed by atoms with Crippen LogP contribution in [0.4, 0.5) is 4.39 Å². The predicted molar refractivity (Wildman–Crippen MR) is 106 cm³/mol. The molecule has 0 radical (unpaired) electrons. The van der Waals surface area contributed by atoms with Gasteiger partial charge >= 0.3 is 0 Å². The molecule has 1 saturated heterocycles. The molecule has 0 saturated carbocycles. The third-order valence-electron chi connectivity index (χ3n) is 5.19. The largest absolute Gasteiger partial charge is 0.496 e. The first-order valence-electron chi connectivity index (χ1n) is 9.25. The van der Waals surface area contributed by atoms with Crippen LogP contribution in [0.3, 0.4) is 0 Å². The molecule has 0 aromatic heterocycles. The summed E-state index contributed by atoms with van der Waals surface area (Å²) in [5.74, 6) is -0.469. The standard InChI is InChI=1S/C21H24ClFN2O3/c1-28-18-8-3-2-5-15(18)21(27)9-12-25(13-10-21)14-11-24-20(26)19-16(22)6-4-7-17(19)23/h2-8,27H,9-14H2,1H3,(H,24,26). The number of amides is 1. The molecule has 0 aliphatic carbocycles. The number of hydrogen-bond acceptors (Lipinski definition) is 4. The van der Waals surface area contributed by atoms with Crippen molar-refractivity contribution in [1.29, 1.82) is 0 Å². The summed E-state index contributed by atoms with van der Waals surface area (Å²) in [4.78, 5) is 14.3. The van der Waals surface area contributed by atoms with Gasteiger partial charge in [0.2, 0.25) is 0 Å². The summed E-state index contributed by atoms with van der Waals surface area (Å²) in [5.41, 5.74) is -0.249. The van der Waals surface area contributed by atoms with Crippen LogP contribution in [0, 0.1) is 5.82 Å². The molecule has 0 unspecified atom stereocenters. The second kappa shape index (κ2) is 8.90. The number of para-hydroxylation sites is 1. The molecule has 2 aromatic carbocycles. The van der Waals surface area contributed by atoms with Crippen molar-refractivity contribution in [3.05, 3.63) is 64.4 Å². The van der Waals surface area contributed by atoms with Gasteiger partial charge in [0.25, 0.3) is 5.91 Å². The minimum Gasteiger partial charge on any atom is -0.496 e. The third kappa shape index (κ3) is 4.46. The summed E-state index contributed by atoms with van der Waals surface area (Å²) < 4.78 is 19.2. The number of methoxy groups -OCH3 is 1. The Bertz CT molecular complexity index is 818. The zero-order valence-corrected chi connectivity index (χ0v) is 16.5. The smallest absolute Gasteiger partial charge is 0.255 e. The molecule has 1 aliphatic rings. The Labute approximate surface area is 169 Å². The van der Waals surface area contributed by atoms with Gasteiger partial charge in [0.1, 0.15) is 11.6 Å². The second-order valence-electron chi connectivity index (χ2n) is 6.93. The topological polar surface area (TPSA) is 61.8 Å². The van der Waals surface area contributed by atoms with Crippen LogP contribution in [0.15, 0.2) is 42.5 Å². The number of nitrogens with one attached hydrogen (secondary N) is 1. The number of hydrogen-bond donors (Lipinski definition) is 2. The number of halogens is 2. The van der Waals surface area contributed by atoms with E-state index >= 15 is 0 Å². The van der Waals surface area contributed by atoms with Crippen LogP contribution in [0.2, 0.25) is 5.02 Å². The minimum absolute atomic E-state index is 0.0948. The van der Waals surface area contributed by atoms with Gasteiger partial charge in [-0.05, 0) is 31.0 Å². The Kier molecular flexibility index (Phi) is 6.54. The number of rotatable bonds is 6. The van der Waals surface area contributed by atoms with E-state index in [1.807, 2.05) is 24.3 Å². The normalized spacial score (nSPS) is 16.6. The number of nitrogens with zero attached hydrogens (tertiary/aromatic N) is 1. The molecular formula is C21H24ClFN2O3. The summed E-state index contributed by atoms with van der Waals surface area (Å²) in [6, 6.07) is 11.7. The van der Waals surface area contributed by atoms with Gasteiger partial charge in [-0.15, -0.1) is 0 Å². The minimum atomic E-state index is -0.924. The number of ether oxygens (including phenoxy) is 1.